The van der Waals surface area contributed by atoms with E-state index in [1.165, 1.54) is 0 Å². The molecular weight excluding hydrogens is 477 g/mol. The van der Waals surface area contributed by atoms with Crippen LogP contribution in [0, 0.1) is 0 Å². The minimum atomic E-state index is -0.314. The molecule has 0 spiro atoms. The smallest absolute Gasteiger partial charge is 0.338 e. The number of hydrogen-bond donors (Lipinski definition) is 0. The van der Waals surface area contributed by atoms with Gasteiger partial charge in [-0.3, -0.25) is 0 Å². The fourth-order valence-electron chi connectivity index (χ4n) is 3.57. The molecule has 4 rings (SSSR count). The molecule has 140 valence electrons. The molecule has 2 heterocycles. The first kappa shape index (κ1) is 19.9. The molecule has 0 aliphatic carbocycles. The highest BCUT2D eigenvalue weighted by molar-refractivity contribution is 6.30. The second-order valence-electron chi connectivity index (χ2n) is 6.27. The van der Waals surface area contributed by atoms with Crippen LogP contribution < -0.4 is 33.3 Å². The van der Waals surface area contributed by atoms with Crippen molar-refractivity contribution in [3.05, 3.63) is 58.6 Å². The van der Waals surface area contributed by atoms with Crippen molar-refractivity contribution < 1.29 is 42.8 Å². The Bertz CT molecular complexity index is 1020. The summed E-state index contributed by atoms with van der Waals surface area (Å²) >= 11 is 6.05. The van der Waals surface area contributed by atoms with Crippen LogP contribution in [0.3, 0.4) is 0 Å². The Morgan fingerprint density at radius 2 is 1.96 bits per heavy atom. The van der Waals surface area contributed by atoms with Crippen molar-refractivity contribution in [1.82, 2.24) is 0 Å². The number of esters is 1. The molecule has 0 bridgehead atoms. The SMILES string of the molecule is CCOC(=O)c1ccc2c(c1)c1c(c(-c3ccc(Cl)cc3)[n+]2C)CCO1.[I-]. The zero-order valence-electron chi connectivity index (χ0n) is 15.1. The number of rotatable bonds is 3. The number of fused-ring (bicyclic) bond motifs is 3. The quantitative estimate of drug-likeness (QED) is 0.310. The fourth-order valence-corrected chi connectivity index (χ4v) is 3.70. The highest BCUT2D eigenvalue weighted by Crippen LogP contribution is 2.38. The molecule has 1 aliphatic heterocycles. The van der Waals surface area contributed by atoms with Crippen LogP contribution in [0.2, 0.25) is 5.02 Å². The van der Waals surface area contributed by atoms with Gasteiger partial charge in [0.1, 0.15) is 12.8 Å². The van der Waals surface area contributed by atoms with Gasteiger partial charge < -0.3 is 33.5 Å². The van der Waals surface area contributed by atoms with E-state index in [4.69, 9.17) is 21.1 Å². The topological polar surface area (TPSA) is 39.4 Å². The minimum Gasteiger partial charge on any atom is -1.00 e. The predicted octanol–water partition coefficient (Wildman–Crippen LogP) is 1.10. The van der Waals surface area contributed by atoms with E-state index in [0.717, 1.165) is 39.9 Å². The molecule has 6 heteroatoms. The van der Waals surface area contributed by atoms with Crippen molar-refractivity contribution in [2.75, 3.05) is 13.2 Å². The van der Waals surface area contributed by atoms with E-state index < -0.39 is 0 Å². The standard InChI is InChI=1S/C21H19ClNO3.HI/c1-3-25-21(24)14-6-9-18-17(12-14)20-16(10-11-26-20)19(23(18)2)13-4-7-15(22)8-5-13;/h4-9,12H,3,10-11H2,1-2H3;1H/q+1;/p-1. The average Bonchev–Trinajstić information content (AvgIpc) is 3.13. The van der Waals surface area contributed by atoms with Crippen LogP contribution in [-0.2, 0) is 18.2 Å². The number of benzene rings is 2. The van der Waals surface area contributed by atoms with Gasteiger partial charge in [0.2, 0.25) is 11.2 Å². The third-order valence-electron chi connectivity index (χ3n) is 4.73. The Balaban J connectivity index is 0.00000210. The van der Waals surface area contributed by atoms with E-state index >= 15 is 0 Å². The summed E-state index contributed by atoms with van der Waals surface area (Å²) in [6.07, 6.45) is 0.834. The van der Waals surface area contributed by atoms with Gasteiger partial charge in [-0.05, 0) is 43.3 Å². The number of carbonyl (C=O) groups is 1. The Morgan fingerprint density at radius 3 is 2.67 bits per heavy atom. The number of hydrogen-bond acceptors (Lipinski definition) is 3. The Morgan fingerprint density at radius 1 is 1.22 bits per heavy atom. The molecule has 0 amide bonds. The highest BCUT2D eigenvalue weighted by Gasteiger charge is 2.30. The molecule has 0 saturated carbocycles. The second kappa shape index (κ2) is 8.02. The molecule has 0 saturated heterocycles. The first-order valence-corrected chi connectivity index (χ1v) is 9.02. The number of ether oxygens (including phenoxy) is 2. The van der Waals surface area contributed by atoms with E-state index in [-0.39, 0.29) is 29.9 Å². The molecule has 4 nitrogen and oxygen atoms in total. The summed E-state index contributed by atoms with van der Waals surface area (Å²) in [5.74, 6) is 0.541. The van der Waals surface area contributed by atoms with Gasteiger partial charge in [0.25, 0.3) is 0 Å². The van der Waals surface area contributed by atoms with Crippen LogP contribution in [0.5, 0.6) is 5.75 Å². The van der Waals surface area contributed by atoms with Gasteiger partial charge in [-0.2, -0.15) is 4.57 Å². The lowest BCUT2D eigenvalue weighted by atomic mass is 9.99. The van der Waals surface area contributed by atoms with Crippen molar-refractivity contribution in [1.29, 1.82) is 0 Å². The first-order chi connectivity index (χ1) is 12.6. The number of aromatic nitrogens is 1. The third kappa shape index (κ3) is 3.50. The van der Waals surface area contributed by atoms with Crippen molar-refractivity contribution in [2.24, 2.45) is 7.05 Å². The molecule has 0 N–H and O–H groups in total. The van der Waals surface area contributed by atoms with Crippen molar-refractivity contribution in [3.63, 3.8) is 0 Å². The summed E-state index contributed by atoms with van der Waals surface area (Å²) in [4.78, 5) is 12.1. The maximum absolute atomic E-state index is 12.1. The van der Waals surface area contributed by atoms with Crippen LogP contribution in [0.1, 0.15) is 22.8 Å². The number of carbonyl (C=O) groups excluding carboxylic acids is 1. The number of halogens is 2. The fraction of sp³-hybridized carbons (Fsp3) is 0.238. The molecule has 2 aromatic carbocycles. The number of aryl methyl sites for hydroxylation is 1. The Kier molecular flexibility index (Phi) is 5.91. The van der Waals surface area contributed by atoms with Gasteiger partial charge in [0, 0.05) is 23.1 Å². The molecule has 1 aliphatic rings. The predicted molar refractivity (Wildman–Crippen MR) is 101 cm³/mol. The summed E-state index contributed by atoms with van der Waals surface area (Å²) in [7, 11) is 2.04. The van der Waals surface area contributed by atoms with Crippen LogP contribution in [0.15, 0.2) is 42.5 Å². The Hall–Kier alpha value is -1.86. The van der Waals surface area contributed by atoms with Gasteiger partial charge in [-0.15, -0.1) is 0 Å². The Labute approximate surface area is 180 Å². The average molecular weight is 496 g/mol. The summed E-state index contributed by atoms with van der Waals surface area (Å²) in [5, 5.41) is 1.65. The normalized spacial score (nSPS) is 12.3. The molecule has 0 radical (unpaired) electrons. The molecule has 0 unspecified atom stereocenters. The van der Waals surface area contributed by atoms with Crippen molar-refractivity contribution >= 4 is 28.5 Å². The van der Waals surface area contributed by atoms with E-state index in [9.17, 15) is 4.79 Å². The first-order valence-electron chi connectivity index (χ1n) is 8.64. The molecule has 3 aromatic rings. The van der Waals surface area contributed by atoms with Crippen LogP contribution in [-0.4, -0.2) is 19.2 Å². The number of nitrogens with zero attached hydrogens (tertiary/aromatic N) is 1. The largest absolute Gasteiger partial charge is 1.00 e. The summed E-state index contributed by atoms with van der Waals surface area (Å²) in [6.45, 7) is 2.80. The maximum atomic E-state index is 12.1. The maximum Gasteiger partial charge on any atom is 0.338 e. The van der Waals surface area contributed by atoms with E-state index in [2.05, 4.69) is 4.57 Å². The van der Waals surface area contributed by atoms with E-state index in [1.807, 2.05) is 43.4 Å². The number of pyridine rings is 1. The van der Waals surface area contributed by atoms with Gasteiger partial charge >= 0.3 is 5.97 Å². The monoisotopic (exact) mass is 495 g/mol. The van der Waals surface area contributed by atoms with Gasteiger partial charge in [-0.25, -0.2) is 4.79 Å². The van der Waals surface area contributed by atoms with Crippen LogP contribution >= 0.6 is 11.6 Å². The summed E-state index contributed by atoms with van der Waals surface area (Å²) < 4.78 is 13.2. The minimum absolute atomic E-state index is 0. The lowest BCUT2D eigenvalue weighted by molar-refractivity contribution is -0.633. The zero-order valence-corrected chi connectivity index (χ0v) is 18.0. The van der Waals surface area contributed by atoms with Crippen LogP contribution in [0.25, 0.3) is 22.2 Å². The molecular formula is C21H19ClINO3. The zero-order chi connectivity index (χ0) is 18.3. The third-order valence-corrected chi connectivity index (χ3v) is 4.98. The van der Waals surface area contributed by atoms with Gasteiger partial charge in [0.05, 0.1) is 29.7 Å². The van der Waals surface area contributed by atoms with Gasteiger partial charge in [-0.1, -0.05) is 11.6 Å². The molecule has 0 atom stereocenters. The van der Waals surface area contributed by atoms with E-state index in [1.54, 1.807) is 13.0 Å². The lowest BCUT2D eigenvalue weighted by Gasteiger charge is -2.11. The summed E-state index contributed by atoms with van der Waals surface area (Å²) in [6, 6.07) is 13.4. The molecule has 1 aromatic heterocycles. The second-order valence-corrected chi connectivity index (χ2v) is 6.71. The summed E-state index contributed by atoms with van der Waals surface area (Å²) in [5.41, 5.74) is 4.91. The molecule has 27 heavy (non-hydrogen) atoms. The highest BCUT2D eigenvalue weighted by atomic mass is 127. The molecule has 0 fully saturated rings. The van der Waals surface area contributed by atoms with Crippen molar-refractivity contribution in [2.45, 2.75) is 13.3 Å². The lowest BCUT2D eigenvalue weighted by Crippen LogP contribution is -3.00. The van der Waals surface area contributed by atoms with Gasteiger partial charge in [0.15, 0.2) is 0 Å². The van der Waals surface area contributed by atoms with Crippen molar-refractivity contribution in [3.8, 4) is 17.0 Å². The van der Waals surface area contributed by atoms with E-state index in [0.29, 0.717) is 23.8 Å². The van der Waals surface area contributed by atoms with Crippen LogP contribution in [0.4, 0.5) is 0 Å².